The number of carbonyl (C=O) groups is 1. The van der Waals surface area contributed by atoms with Gasteiger partial charge in [0.2, 0.25) is 5.91 Å². The maximum Gasteiger partial charge on any atom is 0.235 e. The molecule has 0 aliphatic carbocycles. The summed E-state index contributed by atoms with van der Waals surface area (Å²) in [7, 11) is 0. The molecule has 0 aromatic heterocycles. The molecule has 0 spiro atoms. The highest BCUT2D eigenvalue weighted by atomic mass is 16.3. The molecule has 3 aromatic carbocycles. The van der Waals surface area contributed by atoms with Crippen molar-refractivity contribution in [2.75, 3.05) is 4.90 Å². The molecule has 3 aromatic rings. The van der Waals surface area contributed by atoms with Crippen molar-refractivity contribution in [3.05, 3.63) is 71.8 Å². The molecule has 1 N–H and O–H groups in total. The van der Waals surface area contributed by atoms with Crippen LogP contribution >= 0.6 is 0 Å². The highest BCUT2D eigenvalue weighted by molar-refractivity contribution is 6.07. The van der Waals surface area contributed by atoms with Crippen molar-refractivity contribution in [2.24, 2.45) is 5.41 Å². The van der Waals surface area contributed by atoms with E-state index in [9.17, 15) is 9.90 Å². The SMILES string of the molecule is Cc1ccc(N2C(=O)C(C)(C)C2c2c(O)ccc3ccccc23)cc1. The van der Waals surface area contributed by atoms with E-state index in [2.05, 4.69) is 0 Å². The monoisotopic (exact) mass is 331 g/mol. The van der Waals surface area contributed by atoms with Gasteiger partial charge in [-0.05, 0) is 49.7 Å². The first-order valence-electron chi connectivity index (χ1n) is 8.52. The Hall–Kier alpha value is -2.81. The van der Waals surface area contributed by atoms with Crippen LogP contribution in [0.2, 0.25) is 0 Å². The van der Waals surface area contributed by atoms with Crippen LogP contribution in [-0.4, -0.2) is 11.0 Å². The van der Waals surface area contributed by atoms with Crippen LogP contribution < -0.4 is 4.90 Å². The van der Waals surface area contributed by atoms with Gasteiger partial charge in [0, 0.05) is 11.3 Å². The molecule has 1 aliphatic rings. The van der Waals surface area contributed by atoms with Crippen molar-refractivity contribution in [1.29, 1.82) is 0 Å². The Morgan fingerprint density at radius 3 is 2.36 bits per heavy atom. The van der Waals surface area contributed by atoms with E-state index in [1.54, 1.807) is 11.0 Å². The first-order chi connectivity index (χ1) is 11.9. The van der Waals surface area contributed by atoms with E-state index in [1.807, 2.05) is 75.4 Å². The zero-order valence-electron chi connectivity index (χ0n) is 14.7. The summed E-state index contributed by atoms with van der Waals surface area (Å²) >= 11 is 0. The molecular formula is C22H21NO2. The second-order valence-electron chi connectivity index (χ2n) is 7.35. The number of benzene rings is 3. The molecule has 4 rings (SSSR count). The van der Waals surface area contributed by atoms with Crippen LogP contribution in [0.1, 0.15) is 31.0 Å². The molecule has 1 aliphatic heterocycles. The largest absolute Gasteiger partial charge is 0.508 e. The van der Waals surface area contributed by atoms with Gasteiger partial charge in [0.25, 0.3) is 0 Å². The van der Waals surface area contributed by atoms with Gasteiger partial charge in [-0.25, -0.2) is 0 Å². The summed E-state index contributed by atoms with van der Waals surface area (Å²) in [6.07, 6.45) is 0. The smallest absolute Gasteiger partial charge is 0.235 e. The lowest BCUT2D eigenvalue weighted by molar-refractivity contribution is -0.137. The summed E-state index contributed by atoms with van der Waals surface area (Å²) in [4.78, 5) is 14.7. The molecule has 3 heteroatoms. The zero-order chi connectivity index (χ0) is 17.8. The molecule has 126 valence electrons. The number of aryl methyl sites for hydroxylation is 1. The quantitative estimate of drug-likeness (QED) is 0.674. The lowest BCUT2D eigenvalue weighted by Crippen LogP contribution is -2.61. The summed E-state index contributed by atoms with van der Waals surface area (Å²) in [6.45, 7) is 5.93. The number of nitrogens with zero attached hydrogens (tertiary/aromatic N) is 1. The lowest BCUT2D eigenvalue weighted by atomic mass is 9.69. The number of β-lactam (4-membered cyclic amide) rings is 1. The van der Waals surface area contributed by atoms with Crippen molar-refractivity contribution in [2.45, 2.75) is 26.8 Å². The molecule has 1 heterocycles. The molecule has 0 radical (unpaired) electrons. The Bertz CT molecular complexity index is 973. The van der Waals surface area contributed by atoms with Crippen LogP contribution in [0, 0.1) is 12.3 Å². The van der Waals surface area contributed by atoms with Gasteiger partial charge in [0.1, 0.15) is 5.75 Å². The first-order valence-corrected chi connectivity index (χ1v) is 8.52. The third kappa shape index (κ3) is 2.23. The molecule has 1 atom stereocenters. The summed E-state index contributed by atoms with van der Waals surface area (Å²) in [5.41, 5.74) is 2.28. The van der Waals surface area contributed by atoms with Gasteiger partial charge < -0.3 is 10.0 Å². The van der Waals surface area contributed by atoms with E-state index in [0.29, 0.717) is 0 Å². The van der Waals surface area contributed by atoms with Gasteiger partial charge in [-0.1, -0.05) is 48.0 Å². The molecule has 3 nitrogen and oxygen atoms in total. The highest BCUT2D eigenvalue weighted by Crippen LogP contribution is 2.54. The lowest BCUT2D eigenvalue weighted by Gasteiger charge is -2.53. The Morgan fingerprint density at radius 2 is 1.64 bits per heavy atom. The Labute approximate surface area is 147 Å². The van der Waals surface area contributed by atoms with E-state index in [1.165, 1.54) is 0 Å². The Morgan fingerprint density at radius 1 is 0.960 bits per heavy atom. The minimum Gasteiger partial charge on any atom is -0.508 e. The summed E-state index contributed by atoms with van der Waals surface area (Å²) in [5.74, 6) is 0.315. The fraction of sp³-hybridized carbons (Fsp3) is 0.227. The summed E-state index contributed by atoms with van der Waals surface area (Å²) in [6, 6.07) is 19.4. The highest BCUT2D eigenvalue weighted by Gasteiger charge is 2.56. The van der Waals surface area contributed by atoms with E-state index in [0.717, 1.165) is 27.6 Å². The second-order valence-corrected chi connectivity index (χ2v) is 7.35. The van der Waals surface area contributed by atoms with Crippen molar-refractivity contribution < 1.29 is 9.90 Å². The first kappa shape index (κ1) is 15.7. The molecule has 1 fully saturated rings. The van der Waals surface area contributed by atoms with Crippen molar-refractivity contribution >= 4 is 22.4 Å². The number of phenols is 1. The van der Waals surface area contributed by atoms with Crippen LogP contribution in [0.3, 0.4) is 0 Å². The number of hydrogen-bond donors (Lipinski definition) is 1. The number of anilines is 1. The van der Waals surface area contributed by atoms with Gasteiger partial charge >= 0.3 is 0 Å². The van der Waals surface area contributed by atoms with Crippen LogP contribution in [0.4, 0.5) is 5.69 Å². The standard InChI is InChI=1S/C22H21NO2/c1-14-8-11-16(12-9-14)23-20(22(2,3)21(23)25)19-17-7-5-4-6-15(17)10-13-18(19)24/h4-13,20,24H,1-3H3. The van der Waals surface area contributed by atoms with Gasteiger partial charge in [-0.15, -0.1) is 0 Å². The molecule has 1 saturated heterocycles. The predicted molar refractivity (Wildman–Crippen MR) is 101 cm³/mol. The minimum atomic E-state index is -0.563. The molecule has 25 heavy (non-hydrogen) atoms. The van der Waals surface area contributed by atoms with Gasteiger partial charge in [0.15, 0.2) is 0 Å². The number of aromatic hydroxyl groups is 1. The molecule has 1 unspecified atom stereocenters. The molecule has 0 saturated carbocycles. The third-order valence-corrected chi connectivity index (χ3v) is 5.25. The number of fused-ring (bicyclic) bond motifs is 1. The topological polar surface area (TPSA) is 40.5 Å². The summed E-state index contributed by atoms with van der Waals surface area (Å²) < 4.78 is 0. The normalized spacial score (nSPS) is 19.1. The fourth-order valence-corrected chi connectivity index (χ4v) is 3.83. The van der Waals surface area contributed by atoms with Crippen LogP contribution in [0.15, 0.2) is 60.7 Å². The number of carbonyl (C=O) groups excluding carboxylic acids is 1. The van der Waals surface area contributed by atoms with Crippen molar-refractivity contribution in [3.63, 3.8) is 0 Å². The van der Waals surface area contributed by atoms with E-state index >= 15 is 0 Å². The van der Waals surface area contributed by atoms with Crippen molar-refractivity contribution in [3.8, 4) is 5.75 Å². The average molecular weight is 331 g/mol. The third-order valence-electron chi connectivity index (χ3n) is 5.25. The van der Waals surface area contributed by atoms with Gasteiger partial charge in [-0.2, -0.15) is 0 Å². The average Bonchev–Trinajstić information content (AvgIpc) is 2.61. The van der Waals surface area contributed by atoms with Crippen molar-refractivity contribution in [1.82, 2.24) is 0 Å². The van der Waals surface area contributed by atoms with Gasteiger partial charge in [0.05, 0.1) is 11.5 Å². The fourth-order valence-electron chi connectivity index (χ4n) is 3.83. The van der Waals surface area contributed by atoms with E-state index in [4.69, 9.17) is 0 Å². The number of hydrogen-bond acceptors (Lipinski definition) is 2. The molecular weight excluding hydrogens is 310 g/mol. The number of amides is 1. The second kappa shape index (κ2) is 5.35. The maximum atomic E-state index is 12.8. The zero-order valence-corrected chi connectivity index (χ0v) is 14.7. The van der Waals surface area contributed by atoms with E-state index in [-0.39, 0.29) is 17.7 Å². The molecule has 0 bridgehead atoms. The van der Waals surface area contributed by atoms with Gasteiger partial charge in [-0.3, -0.25) is 4.79 Å². The van der Waals surface area contributed by atoms with Crippen LogP contribution in [-0.2, 0) is 4.79 Å². The maximum absolute atomic E-state index is 12.8. The summed E-state index contributed by atoms with van der Waals surface area (Å²) in [5, 5.41) is 12.7. The number of phenolic OH excluding ortho intramolecular Hbond substituents is 1. The molecule has 1 amide bonds. The predicted octanol–water partition coefficient (Wildman–Crippen LogP) is 4.97. The minimum absolute atomic E-state index is 0.0775. The van der Waals surface area contributed by atoms with Crippen LogP contribution in [0.25, 0.3) is 10.8 Å². The van der Waals surface area contributed by atoms with E-state index < -0.39 is 5.41 Å². The number of rotatable bonds is 2. The van der Waals surface area contributed by atoms with Crippen LogP contribution in [0.5, 0.6) is 5.75 Å². The Balaban J connectivity index is 1.92. The Kier molecular flexibility index (Phi) is 3.36.